The van der Waals surface area contributed by atoms with Gasteiger partial charge in [-0.1, -0.05) is 24.3 Å². The minimum absolute atomic E-state index is 0.214. The Kier molecular flexibility index (Phi) is 5.94. The average molecular weight is 362 g/mol. The van der Waals surface area contributed by atoms with Crippen molar-refractivity contribution in [1.29, 1.82) is 0 Å². The van der Waals surface area contributed by atoms with Crippen molar-refractivity contribution in [2.45, 2.75) is 44.6 Å². The number of piperidine rings is 1. The van der Waals surface area contributed by atoms with Crippen LogP contribution in [0, 0.1) is 5.92 Å². The van der Waals surface area contributed by atoms with Crippen molar-refractivity contribution in [2.75, 3.05) is 13.2 Å². The van der Waals surface area contributed by atoms with Crippen LogP contribution >= 0.6 is 11.6 Å². The summed E-state index contributed by atoms with van der Waals surface area (Å²) >= 11 is 6.04. The lowest BCUT2D eigenvalue weighted by Crippen LogP contribution is -2.61. The third-order valence-corrected chi connectivity index (χ3v) is 5.45. The number of ether oxygens (including phenoxy) is 1. The summed E-state index contributed by atoms with van der Waals surface area (Å²) in [4.78, 5) is 2.18. The summed E-state index contributed by atoms with van der Waals surface area (Å²) in [6.07, 6.45) is 5.40. The molecule has 0 amide bonds. The van der Waals surface area contributed by atoms with Gasteiger partial charge in [0.15, 0.2) is 5.15 Å². The second-order valence-electron chi connectivity index (χ2n) is 6.99. The van der Waals surface area contributed by atoms with E-state index in [9.17, 15) is 5.02 Å². The molecule has 2 aliphatic heterocycles. The van der Waals surface area contributed by atoms with Crippen molar-refractivity contribution < 1.29 is 9.76 Å². The fraction of sp³-hybridized carbons (Fsp3) is 0.556. The molecule has 0 aromatic carbocycles. The zero-order valence-corrected chi connectivity index (χ0v) is 15.5. The highest BCUT2D eigenvalue weighted by molar-refractivity contribution is 6.45. The molecule has 134 valence electrons. The van der Waals surface area contributed by atoms with E-state index >= 15 is 0 Å². The van der Waals surface area contributed by atoms with Crippen LogP contribution in [0.1, 0.15) is 30.5 Å². The number of allylic oxidation sites excluding steroid dienone is 2. The first-order valence-electron chi connectivity index (χ1n) is 8.86. The monoisotopic (exact) mass is 361 g/mol. The van der Waals surface area contributed by atoms with E-state index in [1.807, 2.05) is 19.0 Å². The highest BCUT2D eigenvalue weighted by Crippen LogP contribution is 2.39. The van der Waals surface area contributed by atoms with Gasteiger partial charge >= 0.3 is 7.05 Å². The van der Waals surface area contributed by atoms with E-state index in [4.69, 9.17) is 16.3 Å². The van der Waals surface area contributed by atoms with Gasteiger partial charge in [-0.05, 0) is 55.6 Å². The number of aryl methyl sites for hydroxylation is 1. The van der Waals surface area contributed by atoms with Crippen molar-refractivity contribution in [3.63, 3.8) is 0 Å². The molecule has 7 heteroatoms. The molecular weight excluding hydrogens is 336 g/mol. The number of aromatic nitrogens is 2. The molecule has 3 rings (SSSR count). The van der Waals surface area contributed by atoms with Gasteiger partial charge in [0.2, 0.25) is 0 Å². The molecule has 3 heterocycles. The molecule has 0 saturated carbocycles. The molecule has 3 atom stereocenters. The van der Waals surface area contributed by atoms with Crippen LogP contribution in [0.25, 0.3) is 5.57 Å². The Bertz CT molecular complexity index is 641. The molecular formula is C18H25BClN3O2. The van der Waals surface area contributed by atoms with Gasteiger partial charge in [0.25, 0.3) is 0 Å². The lowest BCUT2D eigenvalue weighted by atomic mass is 9.71. The Hall–Kier alpha value is -1.21. The van der Waals surface area contributed by atoms with E-state index in [2.05, 4.69) is 28.2 Å². The molecule has 5 nitrogen and oxygen atoms in total. The Morgan fingerprint density at radius 2 is 2.12 bits per heavy atom. The van der Waals surface area contributed by atoms with Crippen LogP contribution in [-0.4, -0.2) is 52.4 Å². The van der Waals surface area contributed by atoms with Crippen LogP contribution in [-0.2, 0) is 11.2 Å². The Labute approximate surface area is 154 Å². The highest BCUT2D eigenvalue weighted by atomic mass is 35.5. The summed E-state index contributed by atoms with van der Waals surface area (Å²) in [6, 6.07) is 2.31. The first kappa shape index (κ1) is 18.6. The Morgan fingerprint density at radius 1 is 1.44 bits per heavy atom. The number of halogens is 1. The number of fused-ring (bicyclic) bond motifs is 2. The van der Waals surface area contributed by atoms with Crippen molar-refractivity contribution in [1.82, 2.24) is 15.0 Å². The first-order valence-corrected chi connectivity index (χ1v) is 9.24. The average Bonchev–Trinajstić information content (AvgIpc) is 2.58. The molecule has 1 aromatic rings. The zero-order valence-electron chi connectivity index (χ0n) is 14.7. The maximum absolute atomic E-state index is 10.1. The van der Waals surface area contributed by atoms with Crippen molar-refractivity contribution in [3.8, 4) is 0 Å². The SMILES string of the molecule is C=CCCc1cc(Cl)nnc1C(=C)[C@H]1CC2COC[C@H](C1)N2B(C)O. The third-order valence-electron chi connectivity index (χ3n) is 5.27. The first-order chi connectivity index (χ1) is 12.0. The zero-order chi connectivity index (χ0) is 18.0. The molecule has 25 heavy (non-hydrogen) atoms. The molecule has 1 N–H and O–H groups in total. The Morgan fingerprint density at radius 3 is 2.72 bits per heavy atom. The quantitative estimate of drug-likeness (QED) is 0.623. The van der Waals surface area contributed by atoms with Crippen LogP contribution in [0.3, 0.4) is 0 Å². The van der Waals surface area contributed by atoms with E-state index in [1.54, 1.807) is 0 Å². The molecule has 0 radical (unpaired) electrons. The number of hydrogen-bond acceptors (Lipinski definition) is 5. The molecule has 1 aromatic heterocycles. The molecule has 2 aliphatic rings. The maximum atomic E-state index is 10.1. The molecule has 2 saturated heterocycles. The lowest BCUT2D eigenvalue weighted by molar-refractivity contribution is -0.0471. The van der Waals surface area contributed by atoms with Crippen LogP contribution in [0.5, 0.6) is 0 Å². The summed E-state index contributed by atoms with van der Waals surface area (Å²) in [5.41, 5.74) is 2.95. The largest absolute Gasteiger partial charge is 0.437 e. The lowest BCUT2D eigenvalue weighted by Gasteiger charge is -2.49. The minimum Gasteiger partial charge on any atom is -0.437 e. The van der Waals surface area contributed by atoms with Gasteiger partial charge < -0.3 is 14.6 Å². The summed E-state index contributed by atoms with van der Waals surface area (Å²) in [7, 11) is -0.452. The summed E-state index contributed by atoms with van der Waals surface area (Å²) in [5, 5.41) is 18.9. The van der Waals surface area contributed by atoms with Crippen molar-refractivity contribution in [2.24, 2.45) is 5.92 Å². The second kappa shape index (κ2) is 8.00. The van der Waals surface area contributed by atoms with Crippen LogP contribution in [0.2, 0.25) is 12.0 Å². The Balaban J connectivity index is 1.81. The number of rotatable bonds is 6. The molecule has 0 spiro atoms. The van der Waals surface area contributed by atoms with Gasteiger partial charge in [-0.15, -0.1) is 16.8 Å². The van der Waals surface area contributed by atoms with E-state index in [-0.39, 0.29) is 12.1 Å². The van der Waals surface area contributed by atoms with Crippen LogP contribution < -0.4 is 0 Å². The van der Waals surface area contributed by atoms with Gasteiger partial charge in [-0.3, -0.25) is 0 Å². The fourth-order valence-electron chi connectivity index (χ4n) is 4.15. The minimum atomic E-state index is -0.452. The second-order valence-corrected chi connectivity index (χ2v) is 7.37. The van der Waals surface area contributed by atoms with E-state index in [0.717, 1.165) is 42.5 Å². The van der Waals surface area contributed by atoms with Gasteiger partial charge in [0.05, 0.1) is 18.9 Å². The smallest absolute Gasteiger partial charge is 0.377 e. The van der Waals surface area contributed by atoms with Crippen molar-refractivity contribution in [3.05, 3.63) is 41.7 Å². The van der Waals surface area contributed by atoms with E-state index in [1.165, 1.54) is 0 Å². The van der Waals surface area contributed by atoms with Gasteiger partial charge in [0.1, 0.15) is 0 Å². The van der Waals surface area contributed by atoms with Gasteiger partial charge in [-0.25, -0.2) is 0 Å². The van der Waals surface area contributed by atoms with Gasteiger partial charge in [0, 0.05) is 12.1 Å². The van der Waals surface area contributed by atoms with Gasteiger partial charge in [-0.2, -0.15) is 0 Å². The topological polar surface area (TPSA) is 58.5 Å². The normalized spacial score (nSPS) is 26.3. The molecule has 0 aliphatic carbocycles. The van der Waals surface area contributed by atoms with Crippen LogP contribution in [0.4, 0.5) is 0 Å². The van der Waals surface area contributed by atoms with Crippen LogP contribution in [0.15, 0.2) is 25.3 Å². The highest BCUT2D eigenvalue weighted by Gasteiger charge is 2.43. The number of nitrogens with zero attached hydrogens (tertiary/aromatic N) is 3. The summed E-state index contributed by atoms with van der Waals surface area (Å²) in [6.45, 7) is 11.3. The third kappa shape index (κ3) is 3.98. The summed E-state index contributed by atoms with van der Waals surface area (Å²) in [5.74, 6) is 0.312. The summed E-state index contributed by atoms with van der Waals surface area (Å²) < 4.78 is 5.70. The number of hydrogen-bond donors (Lipinski definition) is 1. The maximum Gasteiger partial charge on any atom is 0.377 e. The van der Waals surface area contributed by atoms with E-state index in [0.29, 0.717) is 24.3 Å². The predicted molar refractivity (Wildman–Crippen MR) is 101 cm³/mol. The molecule has 2 fully saturated rings. The van der Waals surface area contributed by atoms with Crippen molar-refractivity contribution >= 4 is 24.2 Å². The number of morpholine rings is 1. The molecule has 1 unspecified atom stereocenters. The van der Waals surface area contributed by atoms with E-state index < -0.39 is 7.05 Å². The fourth-order valence-corrected chi connectivity index (χ4v) is 4.32. The standard InChI is InChI=1S/C18H25BClN3O2/c1-4-5-6-13-9-17(20)21-22-18(13)12(2)14-7-15-10-25-11-16(8-14)23(15)19(3)24/h4,9,14-16,24H,1-2,5-8,10-11H2,3H3/t14-,15+,16?/m1/s1. The predicted octanol–water partition coefficient (Wildman–Crippen LogP) is 2.85. The molecule has 2 bridgehead atoms.